The van der Waals surface area contributed by atoms with Crippen molar-refractivity contribution in [2.45, 2.75) is 51.5 Å². The van der Waals surface area contributed by atoms with E-state index in [1.54, 1.807) is 7.11 Å². The summed E-state index contributed by atoms with van der Waals surface area (Å²) in [5.74, 6) is 1.15. The van der Waals surface area contributed by atoms with E-state index in [1.165, 1.54) is 5.56 Å². The third kappa shape index (κ3) is 4.44. The first-order valence-electron chi connectivity index (χ1n) is 10.3. The Morgan fingerprint density at radius 2 is 1.86 bits per heavy atom. The first-order valence-corrected chi connectivity index (χ1v) is 10.3. The van der Waals surface area contributed by atoms with Gasteiger partial charge in [0.2, 0.25) is 5.91 Å². The molecule has 2 N–H and O–H groups in total. The second-order valence-electron chi connectivity index (χ2n) is 7.83. The summed E-state index contributed by atoms with van der Waals surface area (Å²) in [5, 5.41) is 0. The minimum Gasteiger partial charge on any atom is -0.497 e. The minimum absolute atomic E-state index is 0.00348. The average Bonchev–Trinajstić information content (AvgIpc) is 2.73. The molecule has 154 valence electrons. The number of carbonyl (C=O) groups excluding carboxylic acids is 2. The number of ether oxygens (including phenoxy) is 1. The second kappa shape index (κ2) is 9.12. The van der Waals surface area contributed by atoms with Gasteiger partial charge in [0, 0.05) is 23.7 Å². The zero-order valence-electron chi connectivity index (χ0n) is 17.4. The largest absolute Gasteiger partial charge is 0.497 e. The number of nitrogens with zero attached hydrogens (tertiary/aromatic N) is 1. The summed E-state index contributed by atoms with van der Waals surface area (Å²) >= 11 is 0. The van der Waals surface area contributed by atoms with E-state index < -0.39 is 0 Å². The number of carbonyl (C=O) groups is 2. The van der Waals surface area contributed by atoms with Crippen molar-refractivity contribution in [3.63, 3.8) is 0 Å². The van der Waals surface area contributed by atoms with Crippen molar-refractivity contribution in [3.05, 3.63) is 59.7 Å². The fraction of sp³-hybridized carbons (Fsp3) is 0.417. The Morgan fingerprint density at radius 3 is 2.48 bits per heavy atom. The molecule has 0 aliphatic carbocycles. The molecule has 0 bridgehead atoms. The zero-order valence-corrected chi connectivity index (χ0v) is 17.4. The molecule has 3 atom stereocenters. The Bertz CT molecular complexity index is 863. The Hall–Kier alpha value is -2.82. The van der Waals surface area contributed by atoms with Crippen LogP contribution in [0.5, 0.6) is 5.75 Å². The number of fused-ring (bicyclic) bond motifs is 1. The highest BCUT2D eigenvalue weighted by atomic mass is 16.5. The second-order valence-corrected chi connectivity index (χ2v) is 7.83. The fourth-order valence-corrected chi connectivity index (χ4v) is 4.50. The average molecular weight is 395 g/mol. The number of methoxy groups -OCH3 is 1. The molecule has 1 heterocycles. The Morgan fingerprint density at radius 1 is 1.17 bits per heavy atom. The van der Waals surface area contributed by atoms with Crippen LogP contribution < -0.4 is 15.4 Å². The maximum absolute atomic E-state index is 13.4. The third-order valence-electron chi connectivity index (χ3n) is 6.04. The van der Waals surface area contributed by atoms with Gasteiger partial charge in [0.05, 0.1) is 7.11 Å². The maximum atomic E-state index is 13.4. The van der Waals surface area contributed by atoms with Crippen LogP contribution in [0.25, 0.3) is 0 Å². The molecule has 3 unspecified atom stereocenters. The van der Waals surface area contributed by atoms with Crippen molar-refractivity contribution in [3.8, 4) is 5.75 Å². The Balaban J connectivity index is 1.93. The molecule has 0 spiro atoms. The quantitative estimate of drug-likeness (QED) is 0.751. The van der Waals surface area contributed by atoms with Crippen molar-refractivity contribution in [1.82, 2.24) is 0 Å². The number of hydrogen-bond acceptors (Lipinski definition) is 3. The monoisotopic (exact) mass is 394 g/mol. The van der Waals surface area contributed by atoms with Gasteiger partial charge in [0.25, 0.3) is 5.91 Å². The Kier molecular flexibility index (Phi) is 6.57. The van der Waals surface area contributed by atoms with E-state index in [4.69, 9.17) is 10.5 Å². The molecule has 1 aliphatic heterocycles. The first-order chi connectivity index (χ1) is 14.0. The molecule has 0 saturated heterocycles. The molecule has 5 nitrogen and oxygen atoms in total. The van der Waals surface area contributed by atoms with Crippen LogP contribution in [-0.2, 0) is 4.79 Å². The van der Waals surface area contributed by atoms with Crippen molar-refractivity contribution >= 4 is 17.5 Å². The third-order valence-corrected chi connectivity index (χ3v) is 6.04. The Labute approximate surface area is 172 Å². The van der Waals surface area contributed by atoms with Crippen molar-refractivity contribution < 1.29 is 14.3 Å². The summed E-state index contributed by atoms with van der Waals surface area (Å²) in [6.45, 7) is 4.26. The molecule has 29 heavy (non-hydrogen) atoms. The number of hydrogen-bond donors (Lipinski definition) is 1. The van der Waals surface area contributed by atoms with Gasteiger partial charge in [-0.3, -0.25) is 9.59 Å². The summed E-state index contributed by atoms with van der Waals surface area (Å²) in [7, 11) is 1.61. The van der Waals surface area contributed by atoms with E-state index in [9.17, 15) is 9.59 Å². The van der Waals surface area contributed by atoms with Crippen LogP contribution in [0, 0.1) is 5.92 Å². The first kappa shape index (κ1) is 20.9. The predicted molar refractivity (Wildman–Crippen MR) is 115 cm³/mol. The number of nitrogens with two attached hydrogens (primary N) is 1. The smallest absolute Gasteiger partial charge is 0.258 e. The van der Waals surface area contributed by atoms with E-state index in [-0.39, 0.29) is 17.9 Å². The van der Waals surface area contributed by atoms with E-state index in [1.807, 2.05) is 47.4 Å². The molecule has 3 rings (SSSR count). The van der Waals surface area contributed by atoms with Gasteiger partial charge in [0.1, 0.15) is 5.75 Å². The number of amides is 2. The SMILES string of the molecule is CCC(CCC(N)=O)C1CC(C)N(C(=O)c2ccc(OC)cc2)c2ccccc21. The highest BCUT2D eigenvalue weighted by Crippen LogP contribution is 2.45. The molecular weight excluding hydrogens is 364 g/mol. The molecule has 1 aliphatic rings. The predicted octanol–water partition coefficient (Wildman–Crippen LogP) is 4.51. The van der Waals surface area contributed by atoms with Crippen molar-refractivity contribution in [2.75, 3.05) is 12.0 Å². The standard InChI is InChI=1S/C24H30N2O3/c1-4-17(11-14-23(25)27)21-15-16(2)26(22-8-6-5-7-20(21)22)24(28)18-9-12-19(29-3)13-10-18/h5-10,12-13,16-17,21H,4,11,14-15H2,1-3H3,(H2,25,27). The maximum Gasteiger partial charge on any atom is 0.258 e. The van der Waals surface area contributed by atoms with Crippen LogP contribution in [0.1, 0.15) is 61.4 Å². The lowest BCUT2D eigenvalue weighted by Gasteiger charge is -2.42. The molecule has 0 fully saturated rings. The van der Waals surface area contributed by atoms with Gasteiger partial charge in [-0.25, -0.2) is 0 Å². The van der Waals surface area contributed by atoms with Crippen LogP contribution in [0.15, 0.2) is 48.5 Å². The molecular formula is C24H30N2O3. The van der Waals surface area contributed by atoms with Gasteiger partial charge >= 0.3 is 0 Å². The summed E-state index contributed by atoms with van der Waals surface area (Å²) in [6, 6.07) is 15.5. The highest BCUT2D eigenvalue weighted by Gasteiger charge is 2.36. The van der Waals surface area contributed by atoms with Gasteiger partial charge in [0.15, 0.2) is 0 Å². The van der Waals surface area contributed by atoms with Crippen LogP contribution >= 0.6 is 0 Å². The topological polar surface area (TPSA) is 72.6 Å². The van der Waals surface area contributed by atoms with Crippen molar-refractivity contribution in [2.24, 2.45) is 11.7 Å². The summed E-state index contributed by atoms with van der Waals surface area (Å²) in [4.78, 5) is 26.6. The van der Waals surface area contributed by atoms with Gasteiger partial charge in [-0.2, -0.15) is 0 Å². The molecule has 0 aromatic heterocycles. The molecule has 0 saturated carbocycles. The van der Waals surface area contributed by atoms with Crippen LogP contribution in [0.3, 0.4) is 0 Å². The minimum atomic E-state index is -0.253. The van der Waals surface area contributed by atoms with Gasteiger partial charge in [-0.05, 0) is 67.5 Å². The van der Waals surface area contributed by atoms with E-state index in [0.717, 1.165) is 30.7 Å². The van der Waals surface area contributed by atoms with E-state index in [0.29, 0.717) is 23.8 Å². The molecule has 2 aromatic rings. The summed E-state index contributed by atoms with van der Waals surface area (Å²) < 4.78 is 5.21. The highest BCUT2D eigenvalue weighted by molar-refractivity contribution is 6.07. The number of para-hydroxylation sites is 1. The number of anilines is 1. The van der Waals surface area contributed by atoms with Gasteiger partial charge < -0.3 is 15.4 Å². The molecule has 2 amide bonds. The molecule has 5 heteroatoms. The lowest BCUT2D eigenvalue weighted by Crippen LogP contribution is -2.44. The molecule has 2 aromatic carbocycles. The summed E-state index contributed by atoms with van der Waals surface area (Å²) in [5.41, 5.74) is 8.19. The van der Waals surface area contributed by atoms with Gasteiger partial charge in [-0.15, -0.1) is 0 Å². The van der Waals surface area contributed by atoms with Crippen LogP contribution in [-0.4, -0.2) is 25.0 Å². The lowest BCUT2D eigenvalue weighted by molar-refractivity contribution is -0.118. The van der Waals surface area contributed by atoms with E-state index in [2.05, 4.69) is 19.9 Å². The fourth-order valence-electron chi connectivity index (χ4n) is 4.50. The van der Waals surface area contributed by atoms with Gasteiger partial charge in [-0.1, -0.05) is 31.5 Å². The number of rotatable bonds is 7. The molecule has 0 radical (unpaired) electrons. The number of benzene rings is 2. The summed E-state index contributed by atoms with van der Waals surface area (Å²) in [6.07, 6.45) is 3.03. The zero-order chi connectivity index (χ0) is 21.0. The lowest BCUT2D eigenvalue weighted by atomic mass is 9.74. The normalized spacial score (nSPS) is 19.3. The van der Waals surface area contributed by atoms with Crippen LogP contribution in [0.4, 0.5) is 5.69 Å². The van der Waals surface area contributed by atoms with Crippen molar-refractivity contribution in [1.29, 1.82) is 0 Å². The van der Waals surface area contributed by atoms with E-state index >= 15 is 0 Å². The van der Waals surface area contributed by atoms with Crippen LogP contribution in [0.2, 0.25) is 0 Å². The number of primary amides is 1.